The van der Waals surface area contributed by atoms with Crippen LogP contribution in [0.25, 0.3) is 5.82 Å². The lowest BCUT2D eigenvalue weighted by molar-refractivity contribution is -0.275. The molecule has 1 aliphatic rings. The number of alkyl halides is 3. The van der Waals surface area contributed by atoms with Crippen LogP contribution in [0.1, 0.15) is 11.4 Å². The molecule has 1 aromatic carbocycles. The number of para-hydroxylation sites is 1. The van der Waals surface area contributed by atoms with Crippen molar-refractivity contribution in [2.45, 2.75) is 25.1 Å². The van der Waals surface area contributed by atoms with Crippen molar-refractivity contribution in [3.05, 3.63) is 54.1 Å². The van der Waals surface area contributed by atoms with E-state index in [-0.39, 0.29) is 13.1 Å². The molecule has 0 bridgehead atoms. The highest BCUT2D eigenvalue weighted by Crippen LogP contribution is 2.32. The van der Waals surface area contributed by atoms with Gasteiger partial charge in [-0.2, -0.15) is 9.40 Å². The van der Waals surface area contributed by atoms with E-state index in [9.17, 15) is 21.6 Å². The first-order valence-electron chi connectivity index (χ1n) is 10.0. The van der Waals surface area contributed by atoms with Crippen LogP contribution in [0.5, 0.6) is 5.75 Å². The molecule has 33 heavy (non-hydrogen) atoms. The van der Waals surface area contributed by atoms with Gasteiger partial charge in [0.25, 0.3) is 0 Å². The molecule has 9 nitrogen and oxygen atoms in total. The number of ether oxygens (including phenoxy) is 1. The third kappa shape index (κ3) is 4.93. The van der Waals surface area contributed by atoms with Crippen LogP contribution in [-0.4, -0.2) is 65.0 Å². The number of halogens is 3. The van der Waals surface area contributed by atoms with Gasteiger partial charge < -0.3 is 9.64 Å². The molecule has 1 saturated heterocycles. The molecule has 0 radical (unpaired) electrons. The Morgan fingerprint density at radius 2 is 1.64 bits per heavy atom. The maximum Gasteiger partial charge on any atom is 0.573 e. The summed E-state index contributed by atoms with van der Waals surface area (Å²) < 4.78 is 71.0. The van der Waals surface area contributed by atoms with Gasteiger partial charge in [0.05, 0.1) is 5.69 Å². The van der Waals surface area contributed by atoms with Crippen LogP contribution in [0.15, 0.2) is 47.6 Å². The molecular weight excluding hydrogens is 461 g/mol. The van der Waals surface area contributed by atoms with Gasteiger partial charge in [0.15, 0.2) is 5.82 Å². The van der Waals surface area contributed by atoms with E-state index in [2.05, 4.69) is 19.8 Å². The van der Waals surface area contributed by atoms with Gasteiger partial charge in [-0.05, 0) is 32.0 Å². The number of benzene rings is 1. The summed E-state index contributed by atoms with van der Waals surface area (Å²) >= 11 is 0. The van der Waals surface area contributed by atoms with Gasteiger partial charge >= 0.3 is 6.36 Å². The van der Waals surface area contributed by atoms with Crippen LogP contribution >= 0.6 is 0 Å². The molecular formula is C20H21F3N6O3S. The van der Waals surface area contributed by atoms with Crippen molar-refractivity contribution in [2.75, 3.05) is 31.1 Å². The number of hydrogen-bond donors (Lipinski definition) is 0. The summed E-state index contributed by atoms with van der Waals surface area (Å²) in [6.45, 7) is 4.53. The summed E-state index contributed by atoms with van der Waals surface area (Å²) in [5, 5.41) is 4.41. The molecule has 3 aromatic rings. The Kier molecular flexibility index (Phi) is 6.01. The van der Waals surface area contributed by atoms with Crippen molar-refractivity contribution in [3.63, 3.8) is 0 Å². The van der Waals surface area contributed by atoms with Crippen molar-refractivity contribution in [2.24, 2.45) is 0 Å². The van der Waals surface area contributed by atoms with Crippen molar-refractivity contribution in [1.82, 2.24) is 24.1 Å². The molecule has 0 aliphatic carbocycles. The monoisotopic (exact) mass is 482 g/mol. The lowest BCUT2D eigenvalue weighted by atomic mass is 10.3. The van der Waals surface area contributed by atoms with Gasteiger partial charge in [-0.3, -0.25) is 0 Å². The number of nitrogens with zero attached hydrogens (tertiary/aromatic N) is 6. The molecule has 176 valence electrons. The van der Waals surface area contributed by atoms with Crippen molar-refractivity contribution >= 4 is 15.8 Å². The second-order valence-corrected chi connectivity index (χ2v) is 9.37. The van der Waals surface area contributed by atoms with Crippen LogP contribution in [0.3, 0.4) is 0 Å². The second kappa shape index (κ2) is 8.63. The van der Waals surface area contributed by atoms with Crippen molar-refractivity contribution in [1.29, 1.82) is 0 Å². The van der Waals surface area contributed by atoms with Crippen LogP contribution in [0.4, 0.5) is 19.0 Å². The minimum Gasteiger partial charge on any atom is -0.404 e. The highest BCUT2D eigenvalue weighted by Gasteiger charge is 2.36. The first-order chi connectivity index (χ1) is 15.5. The smallest absolute Gasteiger partial charge is 0.404 e. The average molecular weight is 482 g/mol. The van der Waals surface area contributed by atoms with Gasteiger partial charge in [-0.1, -0.05) is 12.1 Å². The topological polar surface area (TPSA) is 93.5 Å². The Hall–Kier alpha value is -3.19. The third-order valence-corrected chi connectivity index (χ3v) is 7.06. The fourth-order valence-electron chi connectivity index (χ4n) is 3.66. The molecule has 4 rings (SSSR count). The predicted molar refractivity (Wildman–Crippen MR) is 113 cm³/mol. The molecule has 3 heterocycles. The molecule has 1 aliphatic heterocycles. The van der Waals surface area contributed by atoms with Crippen LogP contribution < -0.4 is 9.64 Å². The highest BCUT2D eigenvalue weighted by molar-refractivity contribution is 7.89. The van der Waals surface area contributed by atoms with Crippen molar-refractivity contribution in [3.8, 4) is 11.6 Å². The standard InChI is InChI=1S/C20H21F3N6O3S/c1-14-11-15(2)29(26-14)19-12-18(24-13-25-19)27-7-9-28(10-8-27)33(30,31)17-6-4-3-5-16(17)32-20(21,22)23/h3-6,11-13H,7-10H2,1-2H3. The molecule has 13 heteroatoms. The van der Waals surface area contributed by atoms with E-state index in [0.717, 1.165) is 27.8 Å². The number of sulfonamides is 1. The summed E-state index contributed by atoms with van der Waals surface area (Å²) in [5.41, 5.74) is 1.76. The lowest BCUT2D eigenvalue weighted by Gasteiger charge is -2.34. The predicted octanol–water partition coefficient (Wildman–Crippen LogP) is 2.69. The fourth-order valence-corrected chi connectivity index (χ4v) is 5.19. The largest absolute Gasteiger partial charge is 0.573 e. The first kappa shape index (κ1) is 23.0. The molecule has 1 fully saturated rings. The van der Waals surface area contributed by atoms with Gasteiger partial charge in [0.2, 0.25) is 10.0 Å². The summed E-state index contributed by atoms with van der Waals surface area (Å²) in [7, 11) is -4.19. The number of rotatable bonds is 5. The van der Waals surface area contributed by atoms with Gasteiger partial charge in [0, 0.05) is 37.9 Å². The Bertz CT molecular complexity index is 1250. The van der Waals surface area contributed by atoms with Crippen LogP contribution in [-0.2, 0) is 10.0 Å². The van der Waals surface area contributed by atoms with Gasteiger partial charge in [-0.15, -0.1) is 13.2 Å². The molecule has 0 N–H and O–H groups in total. The third-order valence-electron chi connectivity index (χ3n) is 5.12. The highest BCUT2D eigenvalue weighted by atomic mass is 32.2. The summed E-state index contributed by atoms with van der Waals surface area (Å²) in [5.74, 6) is 0.432. The molecule has 2 aromatic heterocycles. The minimum atomic E-state index is -5.00. The van der Waals surface area contributed by atoms with Crippen LogP contribution in [0, 0.1) is 13.8 Å². The maximum absolute atomic E-state index is 13.0. The SMILES string of the molecule is Cc1cc(C)n(-c2cc(N3CCN(S(=O)(=O)c4ccccc4OC(F)(F)F)CC3)ncn2)n1. The Morgan fingerprint density at radius 3 is 2.27 bits per heavy atom. The number of anilines is 1. The fraction of sp³-hybridized carbons (Fsp3) is 0.350. The van der Waals surface area contributed by atoms with E-state index >= 15 is 0 Å². The molecule has 0 saturated carbocycles. The molecule has 0 atom stereocenters. The van der Waals surface area contributed by atoms with E-state index in [1.165, 1.54) is 18.5 Å². The molecule has 0 spiro atoms. The second-order valence-electron chi connectivity index (χ2n) is 7.46. The van der Waals surface area contributed by atoms with Gasteiger partial charge in [-0.25, -0.2) is 23.1 Å². The molecule has 0 unspecified atom stereocenters. The van der Waals surface area contributed by atoms with E-state index in [0.29, 0.717) is 24.7 Å². The number of hydrogen-bond acceptors (Lipinski definition) is 7. The van der Waals surface area contributed by atoms with E-state index < -0.39 is 27.0 Å². The Morgan fingerprint density at radius 1 is 0.970 bits per heavy atom. The van der Waals surface area contributed by atoms with Crippen LogP contribution in [0.2, 0.25) is 0 Å². The zero-order chi connectivity index (χ0) is 23.8. The van der Waals surface area contributed by atoms with E-state index in [1.807, 2.05) is 24.8 Å². The number of aryl methyl sites for hydroxylation is 2. The summed E-state index contributed by atoms with van der Waals surface area (Å²) in [4.78, 5) is 9.91. The summed E-state index contributed by atoms with van der Waals surface area (Å²) in [6.07, 6.45) is -3.59. The van der Waals surface area contributed by atoms with E-state index in [4.69, 9.17) is 0 Å². The number of piperazine rings is 1. The summed E-state index contributed by atoms with van der Waals surface area (Å²) in [6, 6.07) is 8.41. The first-order valence-corrected chi connectivity index (χ1v) is 11.4. The molecule has 0 amide bonds. The van der Waals surface area contributed by atoms with Crippen molar-refractivity contribution < 1.29 is 26.3 Å². The maximum atomic E-state index is 13.0. The average Bonchev–Trinajstić information content (AvgIpc) is 3.11. The minimum absolute atomic E-state index is 0.0714. The zero-order valence-corrected chi connectivity index (χ0v) is 18.6. The lowest BCUT2D eigenvalue weighted by Crippen LogP contribution is -2.49. The number of aromatic nitrogens is 4. The van der Waals surface area contributed by atoms with Gasteiger partial charge in [0.1, 0.15) is 22.8 Å². The Labute approximate surface area is 188 Å². The van der Waals surface area contributed by atoms with E-state index in [1.54, 1.807) is 10.7 Å². The Balaban J connectivity index is 1.51. The normalized spacial score (nSPS) is 15.6. The zero-order valence-electron chi connectivity index (χ0n) is 17.8. The quantitative estimate of drug-likeness (QED) is 0.552.